The van der Waals surface area contributed by atoms with Crippen LogP contribution < -0.4 is 10.6 Å². The third-order valence-electron chi connectivity index (χ3n) is 4.11. The van der Waals surface area contributed by atoms with Gasteiger partial charge in [0.15, 0.2) is 11.7 Å². The maximum Gasteiger partial charge on any atom is 0.410 e. The van der Waals surface area contributed by atoms with Crippen LogP contribution in [0.1, 0.15) is 48.4 Å². The van der Waals surface area contributed by atoms with Gasteiger partial charge in [0, 0.05) is 23.0 Å². The highest BCUT2D eigenvalue weighted by Crippen LogP contribution is 2.43. The van der Waals surface area contributed by atoms with Crippen LogP contribution in [-0.4, -0.2) is 27.9 Å². The van der Waals surface area contributed by atoms with E-state index in [2.05, 4.69) is 31.7 Å². The number of carbonyl (C=O) groups is 1. The van der Waals surface area contributed by atoms with E-state index < -0.39 is 24.2 Å². The van der Waals surface area contributed by atoms with E-state index in [0.717, 1.165) is 14.7 Å². The lowest BCUT2D eigenvalue weighted by Crippen LogP contribution is -2.36. The van der Waals surface area contributed by atoms with Crippen LogP contribution in [-0.2, 0) is 0 Å². The fourth-order valence-corrected chi connectivity index (χ4v) is 3.20. The van der Waals surface area contributed by atoms with Gasteiger partial charge in [0.05, 0.1) is 6.04 Å². The maximum absolute atomic E-state index is 13.6. The summed E-state index contributed by atoms with van der Waals surface area (Å²) in [6.45, 7) is 3.54. The number of rotatable bonds is 3. The first-order valence-corrected chi connectivity index (χ1v) is 8.93. The summed E-state index contributed by atoms with van der Waals surface area (Å²) in [6, 6.07) is 6.01. The molecular weight excluding hydrogens is 413 g/mol. The van der Waals surface area contributed by atoms with Gasteiger partial charge in [-0.3, -0.25) is 4.79 Å². The Hall–Kier alpha value is -2.03. The molecule has 1 aromatic carbocycles. The van der Waals surface area contributed by atoms with Gasteiger partial charge >= 0.3 is 6.18 Å². The molecule has 140 valence electrons. The molecule has 2 aromatic rings. The highest BCUT2D eigenvalue weighted by atomic mass is 79.9. The van der Waals surface area contributed by atoms with Gasteiger partial charge in [-0.25, -0.2) is 4.68 Å². The van der Waals surface area contributed by atoms with Crippen molar-refractivity contribution < 1.29 is 18.0 Å². The fraction of sp³-hybridized carbons (Fsp3) is 0.412. The Morgan fingerprint density at radius 3 is 2.58 bits per heavy atom. The monoisotopic (exact) mass is 430 g/mol. The SMILES string of the molecule is CC(C)NC(=O)c1cc2n(n1)[C@@H](C(F)(F)F)C[C@@H](c1ccc(Br)cc1)N2. The molecule has 0 saturated carbocycles. The van der Waals surface area contributed by atoms with Crippen LogP contribution >= 0.6 is 15.9 Å². The van der Waals surface area contributed by atoms with Gasteiger partial charge < -0.3 is 10.6 Å². The van der Waals surface area contributed by atoms with Crippen LogP contribution in [0.3, 0.4) is 0 Å². The molecule has 0 bridgehead atoms. The van der Waals surface area contributed by atoms with E-state index in [1.54, 1.807) is 38.1 Å². The minimum absolute atomic E-state index is 0.0353. The minimum atomic E-state index is -4.47. The van der Waals surface area contributed by atoms with Crippen molar-refractivity contribution in [3.05, 3.63) is 46.1 Å². The highest BCUT2D eigenvalue weighted by Gasteiger charge is 2.46. The Morgan fingerprint density at radius 1 is 1.35 bits per heavy atom. The van der Waals surface area contributed by atoms with Crippen LogP contribution in [0.25, 0.3) is 0 Å². The summed E-state index contributed by atoms with van der Waals surface area (Å²) < 4.78 is 42.5. The number of hydrogen-bond acceptors (Lipinski definition) is 3. The largest absolute Gasteiger partial charge is 0.410 e. The molecule has 1 aliphatic heterocycles. The van der Waals surface area contributed by atoms with E-state index in [9.17, 15) is 18.0 Å². The zero-order valence-corrected chi connectivity index (χ0v) is 15.7. The van der Waals surface area contributed by atoms with Crippen LogP contribution in [0.15, 0.2) is 34.8 Å². The summed E-state index contributed by atoms with van der Waals surface area (Å²) in [5.74, 6) is -0.315. The number of alkyl halides is 3. The van der Waals surface area contributed by atoms with Gasteiger partial charge in [0.25, 0.3) is 5.91 Å². The Bertz CT molecular complexity index is 801. The molecule has 2 heterocycles. The van der Waals surface area contributed by atoms with Crippen LogP contribution in [0.5, 0.6) is 0 Å². The maximum atomic E-state index is 13.6. The second-order valence-electron chi connectivity index (χ2n) is 6.53. The van der Waals surface area contributed by atoms with Crippen molar-refractivity contribution >= 4 is 27.7 Å². The molecule has 2 N–H and O–H groups in total. The van der Waals surface area contributed by atoms with Crippen LogP contribution in [0, 0.1) is 0 Å². The lowest BCUT2D eigenvalue weighted by molar-refractivity contribution is -0.173. The Morgan fingerprint density at radius 2 is 2.00 bits per heavy atom. The number of nitrogens with one attached hydrogen (secondary N) is 2. The fourth-order valence-electron chi connectivity index (χ4n) is 2.93. The Balaban J connectivity index is 1.96. The van der Waals surface area contributed by atoms with Gasteiger partial charge in [0.2, 0.25) is 0 Å². The van der Waals surface area contributed by atoms with Crippen molar-refractivity contribution in [2.24, 2.45) is 0 Å². The summed E-state index contributed by atoms with van der Waals surface area (Å²) in [5.41, 5.74) is 0.704. The van der Waals surface area contributed by atoms with Gasteiger partial charge in [-0.2, -0.15) is 18.3 Å². The second-order valence-corrected chi connectivity index (χ2v) is 7.44. The number of anilines is 1. The molecule has 2 atom stereocenters. The molecule has 0 radical (unpaired) electrons. The number of amides is 1. The minimum Gasteiger partial charge on any atom is -0.363 e. The first-order valence-electron chi connectivity index (χ1n) is 8.14. The average molecular weight is 431 g/mol. The Kier molecular flexibility index (Phi) is 5.01. The van der Waals surface area contributed by atoms with Crippen molar-refractivity contribution in [3.8, 4) is 0 Å². The van der Waals surface area contributed by atoms with Crippen molar-refractivity contribution in [2.75, 3.05) is 5.32 Å². The number of halogens is 4. The lowest BCUT2D eigenvalue weighted by atomic mass is 9.97. The summed E-state index contributed by atoms with van der Waals surface area (Å²) in [5, 5.41) is 9.62. The average Bonchev–Trinajstić information content (AvgIpc) is 2.97. The number of nitrogens with zero attached hydrogens (tertiary/aromatic N) is 2. The number of carbonyl (C=O) groups excluding carboxylic acids is 1. The molecule has 9 heteroatoms. The van der Waals surface area contributed by atoms with E-state index in [0.29, 0.717) is 0 Å². The van der Waals surface area contributed by atoms with E-state index in [-0.39, 0.29) is 24.0 Å². The third kappa shape index (κ3) is 3.87. The lowest BCUT2D eigenvalue weighted by Gasteiger charge is -2.33. The molecule has 0 saturated heterocycles. The predicted molar refractivity (Wildman–Crippen MR) is 95.0 cm³/mol. The van der Waals surface area contributed by atoms with Gasteiger partial charge in [-0.05, 0) is 31.5 Å². The third-order valence-corrected chi connectivity index (χ3v) is 4.64. The van der Waals surface area contributed by atoms with Crippen LogP contribution in [0.2, 0.25) is 0 Å². The number of fused-ring (bicyclic) bond motifs is 1. The van der Waals surface area contributed by atoms with Gasteiger partial charge in [-0.1, -0.05) is 28.1 Å². The first kappa shape index (κ1) is 18.8. The van der Waals surface area contributed by atoms with E-state index in [1.807, 2.05) is 0 Å². The number of benzene rings is 1. The molecule has 26 heavy (non-hydrogen) atoms. The zero-order valence-electron chi connectivity index (χ0n) is 14.1. The quantitative estimate of drug-likeness (QED) is 0.756. The summed E-state index contributed by atoms with van der Waals surface area (Å²) >= 11 is 3.32. The predicted octanol–water partition coefficient (Wildman–Crippen LogP) is 4.44. The Labute approximate surface area is 157 Å². The van der Waals surface area contributed by atoms with Crippen molar-refractivity contribution in [3.63, 3.8) is 0 Å². The standard InChI is InChI=1S/C17H18BrF3N4O/c1-9(2)22-16(26)13-8-15-23-12(10-3-5-11(18)6-4-10)7-14(17(19,20)21)25(15)24-13/h3-6,8-9,12,14,23H,7H2,1-2H3,(H,22,26)/t12-,14+/m0/s1. The molecule has 0 aliphatic carbocycles. The summed E-state index contributed by atoms with van der Waals surface area (Å²) in [6.07, 6.45) is -4.67. The normalized spacial score (nSPS) is 19.8. The summed E-state index contributed by atoms with van der Waals surface area (Å²) in [4.78, 5) is 12.1. The van der Waals surface area contributed by atoms with Crippen molar-refractivity contribution in [1.82, 2.24) is 15.1 Å². The van der Waals surface area contributed by atoms with E-state index in [1.165, 1.54) is 6.07 Å². The molecule has 1 aromatic heterocycles. The molecule has 0 unspecified atom stereocenters. The topological polar surface area (TPSA) is 59.0 Å². The van der Waals surface area contributed by atoms with E-state index in [4.69, 9.17) is 0 Å². The summed E-state index contributed by atoms with van der Waals surface area (Å²) in [7, 11) is 0. The molecule has 0 fully saturated rings. The number of aromatic nitrogens is 2. The zero-order chi connectivity index (χ0) is 19.1. The molecule has 5 nitrogen and oxygen atoms in total. The molecular formula is C17H18BrF3N4O. The molecule has 1 amide bonds. The van der Waals surface area contributed by atoms with Gasteiger partial charge in [-0.15, -0.1) is 0 Å². The van der Waals surface area contributed by atoms with Crippen LogP contribution in [0.4, 0.5) is 19.0 Å². The molecule has 1 aliphatic rings. The molecule has 0 spiro atoms. The van der Waals surface area contributed by atoms with E-state index >= 15 is 0 Å². The van der Waals surface area contributed by atoms with Crippen molar-refractivity contribution in [2.45, 2.75) is 44.6 Å². The smallest absolute Gasteiger partial charge is 0.363 e. The molecule has 3 rings (SSSR count). The highest BCUT2D eigenvalue weighted by molar-refractivity contribution is 9.10. The van der Waals surface area contributed by atoms with Crippen molar-refractivity contribution in [1.29, 1.82) is 0 Å². The number of hydrogen-bond donors (Lipinski definition) is 2. The first-order chi connectivity index (χ1) is 12.1. The second kappa shape index (κ2) is 6.94. The van der Waals surface area contributed by atoms with Gasteiger partial charge in [0.1, 0.15) is 5.82 Å².